The number of rotatable bonds is 4. The molecule has 156 valence electrons. The second kappa shape index (κ2) is 7.24. The third-order valence-corrected chi connectivity index (χ3v) is 7.96. The van der Waals surface area contributed by atoms with Crippen molar-refractivity contribution in [3.63, 3.8) is 0 Å². The van der Waals surface area contributed by atoms with Crippen molar-refractivity contribution in [2.24, 2.45) is 22.6 Å². The molecule has 2 N–H and O–H groups in total. The lowest BCUT2D eigenvalue weighted by atomic mass is 9.67. The minimum Gasteiger partial charge on any atom is -0.490 e. The van der Waals surface area contributed by atoms with Crippen LogP contribution in [0.2, 0.25) is 0 Å². The Kier molecular flexibility index (Phi) is 4.49. The number of amidine groups is 1. The number of aromatic nitrogens is 2. The highest BCUT2D eigenvalue weighted by molar-refractivity contribution is 8.14. The monoisotopic (exact) mass is 422 g/mol. The molecule has 4 aliphatic rings. The Balaban J connectivity index is 1.38. The van der Waals surface area contributed by atoms with Crippen molar-refractivity contribution in [3.05, 3.63) is 42.5 Å². The van der Waals surface area contributed by atoms with Crippen LogP contribution in [0.25, 0.3) is 11.1 Å². The zero-order valence-corrected chi connectivity index (χ0v) is 17.7. The molecule has 4 atom stereocenters. The number of hydrogen-bond donors (Lipinski definition) is 1. The summed E-state index contributed by atoms with van der Waals surface area (Å²) < 4.78 is 12.8. The summed E-state index contributed by atoms with van der Waals surface area (Å²) in [5.41, 5.74) is 9.10. The van der Waals surface area contributed by atoms with E-state index in [1.54, 1.807) is 18.1 Å². The molecule has 2 aliphatic carbocycles. The van der Waals surface area contributed by atoms with E-state index in [0.717, 1.165) is 60.0 Å². The molecular weight excluding hydrogens is 396 g/mol. The van der Waals surface area contributed by atoms with Gasteiger partial charge in [-0.2, -0.15) is 0 Å². The van der Waals surface area contributed by atoms with Gasteiger partial charge in [0.25, 0.3) is 0 Å². The first kappa shape index (κ1) is 18.6. The predicted molar refractivity (Wildman–Crippen MR) is 117 cm³/mol. The fraction of sp³-hybridized carbons (Fsp3) is 0.522. The molecule has 0 radical (unpaired) electrons. The maximum absolute atomic E-state index is 6.53. The number of nitrogens with two attached hydrogens (primary N) is 1. The average molecular weight is 423 g/mol. The summed E-state index contributed by atoms with van der Waals surface area (Å²) >= 11 is 1.66. The van der Waals surface area contributed by atoms with E-state index in [2.05, 4.69) is 28.2 Å². The van der Waals surface area contributed by atoms with Gasteiger partial charge < -0.3 is 15.2 Å². The van der Waals surface area contributed by atoms with Gasteiger partial charge in [-0.05, 0) is 55.7 Å². The molecule has 7 heteroatoms. The number of ether oxygens (including phenoxy) is 2. The fourth-order valence-electron chi connectivity index (χ4n) is 5.19. The van der Waals surface area contributed by atoms with Crippen molar-refractivity contribution < 1.29 is 9.47 Å². The van der Waals surface area contributed by atoms with Crippen molar-refractivity contribution in [1.29, 1.82) is 0 Å². The molecule has 0 amide bonds. The lowest BCUT2D eigenvalue weighted by Crippen LogP contribution is -2.51. The van der Waals surface area contributed by atoms with Crippen LogP contribution in [-0.2, 0) is 10.3 Å². The first-order chi connectivity index (χ1) is 14.7. The second-order valence-corrected chi connectivity index (χ2v) is 9.97. The third kappa shape index (κ3) is 3.19. The molecule has 6 nitrogen and oxygen atoms in total. The summed E-state index contributed by atoms with van der Waals surface area (Å²) in [6.45, 7) is 0.908. The van der Waals surface area contributed by atoms with Gasteiger partial charge >= 0.3 is 0 Å². The largest absolute Gasteiger partial charge is 0.490 e. The van der Waals surface area contributed by atoms with E-state index in [1.807, 2.05) is 12.4 Å². The molecule has 30 heavy (non-hydrogen) atoms. The number of benzene rings is 1. The maximum atomic E-state index is 6.53. The van der Waals surface area contributed by atoms with Gasteiger partial charge in [-0.3, -0.25) is 0 Å². The molecule has 1 aromatic carbocycles. The molecular formula is C23H26N4O2S. The zero-order valence-electron chi connectivity index (χ0n) is 16.9. The third-order valence-electron chi connectivity index (χ3n) is 6.98. The van der Waals surface area contributed by atoms with Crippen LogP contribution in [0.5, 0.6) is 5.75 Å². The molecule has 1 unspecified atom stereocenters. The van der Waals surface area contributed by atoms with Crippen LogP contribution in [0.1, 0.15) is 37.7 Å². The normalized spacial score (nSPS) is 32.3. The molecule has 0 saturated heterocycles. The summed E-state index contributed by atoms with van der Waals surface area (Å²) in [4.78, 5) is 13.4. The Bertz CT molecular complexity index is 980. The highest BCUT2D eigenvalue weighted by atomic mass is 32.2. The number of aliphatic imine (C=N–C) groups is 1. The number of fused-ring (bicyclic) bond motifs is 4. The zero-order chi connectivity index (χ0) is 20.1. The first-order valence-corrected chi connectivity index (χ1v) is 11.9. The van der Waals surface area contributed by atoms with Crippen LogP contribution >= 0.6 is 11.8 Å². The van der Waals surface area contributed by atoms with E-state index in [1.165, 1.54) is 12.8 Å². The van der Waals surface area contributed by atoms with Crippen LogP contribution in [0.15, 0.2) is 41.9 Å². The summed E-state index contributed by atoms with van der Waals surface area (Å²) in [5.74, 6) is 2.86. The molecule has 6 rings (SSSR count). The smallest absolute Gasteiger partial charge is 0.154 e. The number of nitrogens with zero attached hydrogens (tertiary/aromatic N) is 3. The minimum absolute atomic E-state index is 0.166. The van der Waals surface area contributed by atoms with Gasteiger partial charge in [0.1, 0.15) is 23.7 Å². The summed E-state index contributed by atoms with van der Waals surface area (Å²) in [7, 11) is 0. The van der Waals surface area contributed by atoms with Crippen molar-refractivity contribution in [3.8, 4) is 16.9 Å². The first-order valence-electron chi connectivity index (χ1n) is 10.9. The van der Waals surface area contributed by atoms with E-state index in [-0.39, 0.29) is 17.6 Å². The van der Waals surface area contributed by atoms with Gasteiger partial charge in [0.05, 0.1) is 6.10 Å². The van der Waals surface area contributed by atoms with Gasteiger partial charge in [-0.25, -0.2) is 15.0 Å². The minimum atomic E-state index is -0.347. The van der Waals surface area contributed by atoms with Crippen LogP contribution in [0.3, 0.4) is 0 Å². The molecule has 1 spiro atoms. The van der Waals surface area contributed by atoms with Gasteiger partial charge in [0.15, 0.2) is 5.17 Å². The van der Waals surface area contributed by atoms with Crippen LogP contribution in [-0.4, -0.2) is 39.7 Å². The molecule has 2 aliphatic heterocycles. The van der Waals surface area contributed by atoms with Gasteiger partial charge in [-0.1, -0.05) is 17.8 Å². The van der Waals surface area contributed by atoms with E-state index in [0.29, 0.717) is 11.3 Å². The van der Waals surface area contributed by atoms with Crippen LogP contribution < -0.4 is 10.5 Å². The summed E-state index contributed by atoms with van der Waals surface area (Å²) in [6.07, 6.45) is 11.4. The van der Waals surface area contributed by atoms with Crippen molar-refractivity contribution in [1.82, 2.24) is 9.97 Å². The highest BCUT2D eigenvalue weighted by Crippen LogP contribution is 2.55. The molecule has 0 bridgehead atoms. The standard InChI is InChI=1S/C23H26N4O2S/c24-22-27-23(12-30-22)18-7-15(16-9-25-13-26-10-16)3-5-20(18)29-21-6-4-17(8-19(21)23)28-11-14-1-2-14/h3,5,7,9-10,13-14,17,19,21H,1-2,4,6,8,11-12H2,(H2,24,27)/t17-,19-,21?,23-/m0/s1. The lowest BCUT2D eigenvalue weighted by molar-refractivity contribution is -0.0564. The van der Waals surface area contributed by atoms with Crippen molar-refractivity contribution in [2.75, 3.05) is 12.4 Å². The van der Waals surface area contributed by atoms with Gasteiger partial charge in [0, 0.05) is 41.8 Å². The molecule has 2 fully saturated rings. The Hall–Kier alpha value is -2.12. The van der Waals surface area contributed by atoms with E-state index < -0.39 is 0 Å². The summed E-state index contributed by atoms with van der Waals surface area (Å²) in [6, 6.07) is 6.38. The second-order valence-electron chi connectivity index (χ2n) is 8.98. The Morgan fingerprint density at radius 2 is 2.00 bits per heavy atom. The lowest BCUT2D eigenvalue weighted by Gasteiger charge is -2.48. The maximum Gasteiger partial charge on any atom is 0.154 e. The van der Waals surface area contributed by atoms with Crippen LogP contribution in [0.4, 0.5) is 0 Å². The molecule has 2 saturated carbocycles. The van der Waals surface area contributed by atoms with Crippen molar-refractivity contribution in [2.45, 2.75) is 49.9 Å². The predicted octanol–water partition coefficient (Wildman–Crippen LogP) is 3.76. The quantitative estimate of drug-likeness (QED) is 0.808. The number of thioether (sulfide) groups is 1. The Morgan fingerprint density at radius 1 is 1.13 bits per heavy atom. The molecule has 1 aromatic heterocycles. The summed E-state index contributed by atoms with van der Waals surface area (Å²) in [5, 5.41) is 0.677. The van der Waals surface area contributed by atoms with Gasteiger partial charge in [0.2, 0.25) is 0 Å². The fourth-order valence-corrected chi connectivity index (χ4v) is 6.22. The van der Waals surface area contributed by atoms with E-state index in [4.69, 9.17) is 20.2 Å². The Labute approximate surface area is 180 Å². The highest BCUT2D eigenvalue weighted by Gasteiger charge is 2.54. The van der Waals surface area contributed by atoms with Crippen LogP contribution in [0, 0.1) is 11.8 Å². The molecule has 3 heterocycles. The Morgan fingerprint density at radius 3 is 2.77 bits per heavy atom. The van der Waals surface area contributed by atoms with E-state index >= 15 is 0 Å². The van der Waals surface area contributed by atoms with E-state index in [9.17, 15) is 0 Å². The molecule has 2 aromatic rings. The average Bonchev–Trinajstić information content (AvgIpc) is 3.54. The topological polar surface area (TPSA) is 82.6 Å². The SMILES string of the molecule is NC1=N[C@@]2(CS1)c1cc(-c3cncnc3)ccc1OC1CC[C@H](OCC3CC3)C[C@@H]12. The van der Waals surface area contributed by atoms with Crippen molar-refractivity contribution >= 4 is 16.9 Å². The number of hydrogen-bond acceptors (Lipinski definition) is 7. The van der Waals surface area contributed by atoms with Gasteiger partial charge in [-0.15, -0.1) is 0 Å².